The number of aliphatic carboxylic acids is 2. The molecule has 0 spiro atoms. The van der Waals surface area contributed by atoms with E-state index in [4.69, 9.17) is 29.3 Å². The van der Waals surface area contributed by atoms with Crippen molar-refractivity contribution in [1.82, 2.24) is 0 Å². The van der Waals surface area contributed by atoms with Gasteiger partial charge in [0.15, 0.2) is 17.3 Å². The number of ketones is 1. The molecule has 29 heavy (non-hydrogen) atoms. The van der Waals surface area contributed by atoms with E-state index in [2.05, 4.69) is 29.2 Å². The Bertz CT molecular complexity index is 913. The van der Waals surface area contributed by atoms with E-state index in [-0.39, 0.29) is 5.78 Å². The molecule has 0 unspecified atom stereocenters. The van der Waals surface area contributed by atoms with Crippen LogP contribution in [-0.4, -0.2) is 54.2 Å². The van der Waals surface area contributed by atoms with Crippen LogP contribution >= 0.6 is 0 Å². The van der Waals surface area contributed by atoms with E-state index in [0.29, 0.717) is 30.9 Å². The number of hydrogen-bond donors (Lipinski definition) is 2. The van der Waals surface area contributed by atoms with Crippen LogP contribution in [0.2, 0.25) is 0 Å². The molecule has 4 rings (SSSR count). The molecule has 2 N–H and O–H groups in total. The summed E-state index contributed by atoms with van der Waals surface area (Å²) >= 11 is 0. The van der Waals surface area contributed by atoms with Gasteiger partial charge in [-0.25, -0.2) is 9.59 Å². The molecule has 8 nitrogen and oxygen atoms in total. The van der Waals surface area contributed by atoms with Crippen molar-refractivity contribution >= 4 is 23.4 Å². The second-order valence-electron chi connectivity index (χ2n) is 6.51. The van der Waals surface area contributed by atoms with Gasteiger partial charge >= 0.3 is 11.9 Å². The number of Topliss-reactive ketones (excluding diaryl/α,β-unsaturated/α-hetero) is 1. The fraction of sp³-hybridized carbons (Fsp3) is 0.286. The number of rotatable bonds is 4. The van der Waals surface area contributed by atoms with Crippen molar-refractivity contribution in [2.75, 3.05) is 31.2 Å². The Balaban J connectivity index is 0.000000353. The van der Waals surface area contributed by atoms with Crippen LogP contribution in [0.4, 0.5) is 5.69 Å². The van der Waals surface area contributed by atoms with E-state index < -0.39 is 11.9 Å². The smallest absolute Gasteiger partial charge is 0.414 e. The van der Waals surface area contributed by atoms with Crippen LogP contribution in [0.5, 0.6) is 11.5 Å². The van der Waals surface area contributed by atoms with Gasteiger partial charge in [0.25, 0.3) is 0 Å². The lowest BCUT2D eigenvalue weighted by Gasteiger charge is -2.20. The van der Waals surface area contributed by atoms with Crippen molar-refractivity contribution < 1.29 is 34.1 Å². The van der Waals surface area contributed by atoms with Crippen LogP contribution in [0.25, 0.3) is 0 Å². The van der Waals surface area contributed by atoms with Gasteiger partial charge in [0.05, 0.1) is 0 Å². The van der Waals surface area contributed by atoms with Crippen LogP contribution in [0.3, 0.4) is 0 Å². The fourth-order valence-electron chi connectivity index (χ4n) is 3.24. The Morgan fingerprint density at radius 3 is 2.34 bits per heavy atom. The quantitative estimate of drug-likeness (QED) is 0.595. The molecule has 0 saturated carbocycles. The first-order chi connectivity index (χ1) is 14.0. The Morgan fingerprint density at radius 1 is 0.931 bits per heavy atom. The maximum absolute atomic E-state index is 12.5. The monoisotopic (exact) mass is 399 g/mol. The predicted octanol–water partition coefficient (Wildman–Crippen LogP) is 2.25. The number of nitrogens with zero attached hydrogens (tertiary/aromatic N) is 1. The summed E-state index contributed by atoms with van der Waals surface area (Å²) < 4.78 is 11.0. The standard InChI is InChI=1S/C19H19NO3.C2H2O4/c21-17(15-5-6-18-19(13-15)23-12-11-22-18)8-10-20-9-7-14-3-1-2-4-16(14)20;3-1(4)2(5)6/h1-6,13H,7-12H2;(H,3,4)(H,5,6). The maximum atomic E-state index is 12.5. The number of carbonyl (C=O) groups is 3. The molecule has 8 heteroatoms. The normalized spacial score (nSPS) is 13.7. The average molecular weight is 399 g/mol. The summed E-state index contributed by atoms with van der Waals surface area (Å²) in [5.74, 6) is -2.11. The Hall–Kier alpha value is -3.55. The molecule has 0 atom stereocenters. The number of carboxylic acids is 2. The lowest BCUT2D eigenvalue weighted by atomic mass is 10.1. The summed E-state index contributed by atoms with van der Waals surface area (Å²) in [4.78, 5) is 33.0. The highest BCUT2D eigenvalue weighted by Crippen LogP contribution is 2.31. The third-order valence-corrected chi connectivity index (χ3v) is 4.64. The van der Waals surface area contributed by atoms with Crippen LogP contribution < -0.4 is 14.4 Å². The van der Waals surface area contributed by atoms with Crippen molar-refractivity contribution in [1.29, 1.82) is 0 Å². The summed E-state index contributed by atoms with van der Waals surface area (Å²) in [6.45, 7) is 2.85. The van der Waals surface area contributed by atoms with Crippen molar-refractivity contribution in [3.05, 3.63) is 53.6 Å². The van der Waals surface area contributed by atoms with Crippen LogP contribution in [-0.2, 0) is 16.0 Å². The molecule has 2 aromatic rings. The van der Waals surface area contributed by atoms with Gasteiger partial charge in [0, 0.05) is 30.8 Å². The van der Waals surface area contributed by atoms with Gasteiger partial charge in [-0.05, 0) is 36.2 Å². The summed E-state index contributed by atoms with van der Waals surface area (Å²) in [7, 11) is 0. The lowest BCUT2D eigenvalue weighted by molar-refractivity contribution is -0.159. The van der Waals surface area contributed by atoms with Crippen molar-refractivity contribution in [3.8, 4) is 11.5 Å². The van der Waals surface area contributed by atoms with Gasteiger partial charge in [0.1, 0.15) is 13.2 Å². The number of para-hydroxylation sites is 1. The number of fused-ring (bicyclic) bond motifs is 2. The van der Waals surface area contributed by atoms with Gasteiger partial charge in [-0.15, -0.1) is 0 Å². The number of carboxylic acid groups (broad SMARTS) is 2. The summed E-state index contributed by atoms with van der Waals surface area (Å²) in [5, 5.41) is 14.8. The molecule has 0 fully saturated rings. The summed E-state index contributed by atoms with van der Waals surface area (Å²) in [6.07, 6.45) is 1.57. The molecule has 2 aliphatic heterocycles. The lowest BCUT2D eigenvalue weighted by Crippen LogP contribution is -2.24. The number of hydrogen-bond acceptors (Lipinski definition) is 6. The molecule has 0 amide bonds. The highest BCUT2D eigenvalue weighted by molar-refractivity contribution is 6.27. The molecule has 0 aliphatic carbocycles. The van der Waals surface area contributed by atoms with Gasteiger partial charge in [-0.3, -0.25) is 4.79 Å². The average Bonchev–Trinajstić information content (AvgIpc) is 3.15. The number of anilines is 1. The van der Waals surface area contributed by atoms with Gasteiger partial charge in [-0.1, -0.05) is 18.2 Å². The topological polar surface area (TPSA) is 113 Å². The highest BCUT2D eigenvalue weighted by atomic mass is 16.6. The van der Waals surface area contributed by atoms with Gasteiger partial charge in [-0.2, -0.15) is 0 Å². The van der Waals surface area contributed by atoms with Crippen LogP contribution in [0, 0.1) is 0 Å². The first kappa shape index (κ1) is 20.2. The second kappa shape index (κ2) is 9.09. The zero-order chi connectivity index (χ0) is 20.8. The van der Waals surface area contributed by atoms with E-state index in [1.165, 1.54) is 11.3 Å². The molecule has 152 valence electrons. The first-order valence-electron chi connectivity index (χ1n) is 9.17. The summed E-state index contributed by atoms with van der Waals surface area (Å²) in [6, 6.07) is 13.9. The molecule has 0 bridgehead atoms. The first-order valence-corrected chi connectivity index (χ1v) is 9.17. The van der Waals surface area contributed by atoms with Crippen molar-refractivity contribution in [3.63, 3.8) is 0 Å². The molecular weight excluding hydrogens is 378 g/mol. The van der Waals surface area contributed by atoms with Gasteiger partial charge in [0.2, 0.25) is 0 Å². The molecule has 2 aliphatic rings. The molecule has 2 aromatic carbocycles. The number of benzene rings is 2. The minimum absolute atomic E-state index is 0.145. The van der Waals surface area contributed by atoms with Crippen LogP contribution in [0.15, 0.2) is 42.5 Å². The van der Waals surface area contributed by atoms with E-state index in [1.54, 1.807) is 6.07 Å². The second-order valence-corrected chi connectivity index (χ2v) is 6.51. The molecule has 2 heterocycles. The highest BCUT2D eigenvalue weighted by Gasteiger charge is 2.20. The molecular formula is C21H21NO7. The van der Waals surface area contributed by atoms with E-state index >= 15 is 0 Å². The van der Waals surface area contributed by atoms with Crippen molar-refractivity contribution in [2.24, 2.45) is 0 Å². The Kier molecular flexibility index (Phi) is 6.33. The van der Waals surface area contributed by atoms with E-state index in [0.717, 1.165) is 25.3 Å². The van der Waals surface area contributed by atoms with Crippen molar-refractivity contribution in [2.45, 2.75) is 12.8 Å². The Morgan fingerprint density at radius 2 is 1.62 bits per heavy atom. The third-order valence-electron chi connectivity index (χ3n) is 4.64. The van der Waals surface area contributed by atoms with Gasteiger partial charge < -0.3 is 24.6 Å². The SMILES string of the molecule is O=C(CCN1CCc2ccccc21)c1ccc2c(c1)OCCO2.O=C(O)C(=O)O. The zero-order valence-corrected chi connectivity index (χ0v) is 15.7. The Labute approximate surface area is 167 Å². The van der Waals surface area contributed by atoms with E-state index in [1.807, 2.05) is 12.1 Å². The minimum atomic E-state index is -1.82. The molecule has 0 radical (unpaired) electrons. The maximum Gasteiger partial charge on any atom is 0.414 e. The van der Waals surface area contributed by atoms with Crippen LogP contribution in [0.1, 0.15) is 22.3 Å². The fourth-order valence-corrected chi connectivity index (χ4v) is 3.24. The molecule has 0 aromatic heterocycles. The largest absolute Gasteiger partial charge is 0.486 e. The minimum Gasteiger partial charge on any atom is -0.486 e. The third kappa shape index (κ3) is 5.04. The zero-order valence-electron chi connectivity index (χ0n) is 15.7. The number of ether oxygens (including phenoxy) is 2. The van der Waals surface area contributed by atoms with E-state index in [9.17, 15) is 4.79 Å². The number of carbonyl (C=O) groups excluding carboxylic acids is 1. The summed E-state index contributed by atoms with van der Waals surface area (Å²) in [5.41, 5.74) is 3.34. The molecule has 0 saturated heterocycles. The predicted molar refractivity (Wildman–Crippen MR) is 104 cm³/mol.